The maximum absolute atomic E-state index is 5.96. The lowest BCUT2D eigenvalue weighted by atomic mass is 10.2. The molecule has 0 bridgehead atoms. The standard InChI is InChI=1S/C13H12ClN3/c1-2-8-15-12-9-11(14)16-13(17-12)10-6-4-3-5-7-10/h2-7,9H,1,8H2,(H,15,16,17). The zero-order valence-electron chi connectivity index (χ0n) is 9.23. The van der Waals surface area contributed by atoms with E-state index in [0.717, 1.165) is 5.56 Å². The molecule has 0 fully saturated rings. The van der Waals surface area contributed by atoms with Crippen LogP contribution in [-0.4, -0.2) is 16.5 Å². The molecule has 0 amide bonds. The third-order valence-corrected chi connectivity index (χ3v) is 2.35. The first-order valence-electron chi connectivity index (χ1n) is 5.24. The SMILES string of the molecule is C=CCNc1cc(Cl)nc(-c2ccccc2)n1. The summed E-state index contributed by atoms with van der Waals surface area (Å²) >= 11 is 5.96. The minimum atomic E-state index is 0.422. The number of rotatable bonds is 4. The molecule has 1 heterocycles. The van der Waals surface area contributed by atoms with Crippen molar-refractivity contribution in [2.75, 3.05) is 11.9 Å². The molecule has 0 saturated heterocycles. The van der Waals surface area contributed by atoms with E-state index in [1.54, 1.807) is 12.1 Å². The summed E-state index contributed by atoms with van der Waals surface area (Å²) in [7, 11) is 0. The van der Waals surface area contributed by atoms with Gasteiger partial charge in [0.15, 0.2) is 5.82 Å². The van der Waals surface area contributed by atoms with Gasteiger partial charge in [-0.15, -0.1) is 6.58 Å². The second-order valence-electron chi connectivity index (χ2n) is 3.44. The Morgan fingerprint density at radius 3 is 2.71 bits per heavy atom. The normalized spacial score (nSPS) is 9.94. The van der Waals surface area contributed by atoms with Gasteiger partial charge in [-0.05, 0) is 0 Å². The average Bonchev–Trinajstić information content (AvgIpc) is 2.37. The highest BCUT2D eigenvalue weighted by molar-refractivity contribution is 6.29. The van der Waals surface area contributed by atoms with E-state index in [4.69, 9.17) is 11.6 Å². The third kappa shape index (κ3) is 3.04. The molecule has 86 valence electrons. The monoisotopic (exact) mass is 245 g/mol. The molecule has 17 heavy (non-hydrogen) atoms. The number of nitrogens with zero attached hydrogens (tertiary/aromatic N) is 2. The Balaban J connectivity index is 2.35. The first kappa shape index (κ1) is 11.6. The molecule has 0 unspecified atom stereocenters. The number of halogens is 1. The van der Waals surface area contributed by atoms with Crippen LogP contribution in [0.1, 0.15) is 0 Å². The molecule has 0 aliphatic carbocycles. The van der Waals surface area contributed by atoms with Gasteiger partial charge >= 0.3 is 0 Å². The van der Waals surface area contributed by atoms with Crippen molar-refractivity contribution in [3.8, 4) is 11.4 Å². The summed E-state index contributed by atoms with van der Waals surface area (Å²) in [4.78, 5) is 8.59. The average molecular weight is 246 g/mol. The van der Waals surface area contributed by atoms with Crippen molar-refractivity contribution in [2.45, 2.75) is 0 Å². The van der Waals surface area contributed by atoms with Crippen LogP contribution in [0.25, 0.3) is 11.4 Å². The second kappa shape index (κ2) is 5.46. The van der Waals surface area contributed by atoms with E-state index in [-0.39, 0.29) is 0 Å². The van der Waals surface area contributed by atoms with Crippen molar-refractivity contribution in [3.05, 3.63) is 54.2 Å². The molecule has 0 radical (unpaired) electrons. The minimum Gasteiger partial charge on any atom is -0.366 e. The summed E-state index contributed by atoms with van der Waals surface area (Å²) in [6, 6.07) is 11.4. The Morgan fingerprint density at radius 2 is 2.00 bits per heavy atom. The number of benzene rings is 1. The zero-order valence-corrected chi connectivity index (χ0v) is 9.98. The number of hydrogen-bond donors (Lipinski definition) is 1. The van der Waals surface area contributed by atoms with Crippen LogP contribution >= 0.6 is 11.6 Å². The fourth-order valence-corrected chi connectivity index (χ4v) is 1.58. The molecular formula is C13H12ClN3. The van der Waals surface area contributed by atoms with Crippen LogP contribution in [-0.2, 0) is 0 Å². The fraction of sp³-hybridized carbons (Fsp3) is 0.0769. The molecule has 1 aromatic heterocycles. The fourth-order valence-electron chi connectivity index (χ4n) is 1.40. The third-order valence-electron chi connectivity index (χ3n) is 2.15. The van der Waals surface area contributed by atoms with Crippen LogP contribution in [0.2, 0.25) is 5.15 Å². The van der Waals surface area contributed by atoms with Crippen LogP contribution in [0.5, 0.6) is 0 Å². The van der Waals surface area contributed by atoms with Gasteiger partial charge in [-0.3, -0.25) is 0 Å². The van der Waals surface area contributed by atoms with E-state index in [1.807, 2.05) is 30.3 Å². The molecule has 2 aromatic rings. The van der Waals surface area contributed by atoms with Crippen molar-refractivity contribution in [2.24, 2.45) is 0 Å². The molecule has 2 rings (SSSR count). The summed E-state index contributed by atoms with van der Waals surface area (Å²) < 4.78 is 0. The lowest BCUT2D eigenvalue weighted by molar-refractivity contribution is 1.15. The lowest BCUT2D eigenvalue weighted by Gasteiger charge is -2.06. The van der Waals surface area contributed by atoms with Gasteiger partial charge < -0.3 is 5.32 Å². The largest absolute Gasteiger partial charge is 0.366 e. The van der Waals surface area contributed by atoms with Gasteiger partial charge in [-0.25, -0.2) is 9.97 Å². The van der Waals surface area contributed by atoms with E-state index < -0.39 is 0 Å². The van der Waals surface area contributed by atoms with E-state index in [9.17, 15) is 0 Å². The van der Waals surface area contributed by atoms with Crippen molar-refractivity contribution in [1.29, 1.82) is 0 Å². The predicted octanol–water partition coefficient (Wildman–Crippen LogP) is 3.39. The van der Waals surface area contributed by atoms with Gasteiger partial charge in [0.05, 0.1) is 0 Å². The Labute approximate surface area is 105 Å². The van der Waals surface area contributed by atoms with Crippen LogP contribution < -0.4 is 5.32 Å². The molecular weight excluding hydrogens is 234 g/mol. The van der Waals surface area contributed by atoms with Crippen molar-refractivity contribution in [3.63, 3.8) is 0 Å². The van der Waals surface area contributed by atoms with Gasteiger partial charge in [-0.2, -0.15) is 0 Å². The topological polar surface area (TPSA) is 37.8 Å². The predicted molar refractivity (Wildman–Crippen MR) is 71.2 cm³/mol. The molecule has 0 atom stereocenters. The molecule has 3 nitrogen and oxygen atoms in total. The van der Waals surface area contributed by atoms with Crippen LogP contribution in [0.4, 0.5) is 5.82 Å². The van der Waals surface area contributed by atoms with Gasteiger partial charge in [0.1, 0.15) is 11.0 Å². The van der Waals surface area contributed by atoms with Crippen molar-refractivity contribution < 1.29 is 0 Å². The molecule has 4 heteroatoms. The Morgan fingerprint density at radius 1 is 1.24 bits per heavy atom. The quantitative estimate of drug-likeness (QED) is 0.663. The molecule has 0 aliphatic heterocycles. The summed E-state index contributed by atoms with van der Waals surface area (Å²) in [6.45, 7) is 4.28. The number of aromatic nitrogens is 2. The summed E-state index contributed by atoms with van der Waals surface area (Å²) in [5, 5.41) is 3.51. The van der Waals surface area contributed by atoms with Crippen LogP contribution in [0, 0.1) is 0 Å². The Kier molecular flexibility index (Phi) is 3.73. The zero-order chi connectivity index (χ0) is 12.1. The number of hydrogen-bond acceptors (Lipinski definition) is 3. The highest BCUT2D eigenvalue weighted by Gasteiger charge is 2.04. The molecule has 0 spiro atoms. The maximum atomic E-state index is 5.96. The number of nitrogens with one attached hydrogen (secondary N) is 1. The van der Waals surface area contributed by atoms with E-state index in [0.29, 0.717) is 23.3 Å². The smallest absolute Gasteiger partial charge is 0.163 e. The minimum absolute atomic E-state index is 0.422. The van der Waals surface area contributed by atoms with E-state index >= 15 is 0 Å². The van der Waals surface area contributed by atoms with Crippen LogP contribution in [0.15, 0.2) is 49.1 Å². The van der Waals surface area contributed by atoms with Gasteiger partial charge in [0.2, 0.25) is 0 Å². The first-order chi connectivity index (χ1) is 8.29. The summed E-state index contributed by atoms with van der Waals surface area (Å²) in [6.07, 6.45) is 1.76. The van der Waals surface area contributed by atoms with Crippen LogP contribution in [0.3, 0.4) is 0 Å². The lowest BCUT2D eigenvalue weighted by Crippen LogP contribution is -2.02. The molecule has 0 aliphatic rings. The first-order valence-corrected chi connectivity index (χ1v) is 5.62. The summed E-state index contributed by atoms with van der Waals surface area (Å²) in [5.41, 5.74) is 0.941. The van der Waals surface area contributed by atoms with E-state index in [1.165, 1.54) is 0 Å². The number of anilines is 1. The molecule has 0 saturated carbocycles. The van der Waals surface area contributed by atoms with Gasteiger partial charge in [0, 0.05) is 18.2 Å². The Bertz CT molecular complexity index is 511. The Hall–Kier alpha value is -1.87. The van der Waals surface area contributed by atoms with E-state index in [2.05, 4.69) is 21.9 Å². The highest BCUT2D eigenvalue weighted by atomic mass is 35.5. The van der Waals surface area contributed by atoms with Crippen molar-refractivity contribution in [1.82, 2.24) is 9.97 Å². The molecule has 1 aromatic carbocycles. The van der Waals surface area contributed by atoms with Gasteiger partial charge in [-0.1, -0.05) is 48.0 Å². The highest BCUT2D eigenvalue weighted by Crippen LogP contribution is 2.19. The van der Waals surface area contributed by atoms with Crippen molar-refractivity contribution >= 4 is 17.4 Å². The maximum Gasteiger partial charge on any atom is 0.163 e. The van der Waals surface area contributed by atoms with Gasteiger partial charge in [0.25, 0.3) is 0 Å². The summed E-state index contributed by atoms with van der Waals surface area (Å²) in [5.74, 6) is 1.31. The second-order valence-corrected chi connectivity index (χ2v) is 3.82. The molecule has 1 N–H and O–H groups in total.